The zero-order chi connectivity index (χ0) is 22.8. The Hall–Kier alpha value is -3.81. The molecule has 2 aromatic heterocycles. The number of carbonyl (C=O) groups excluding carboxylic acids is 1. The van der Waals surface area contributed by atoms with Crippen molar-refractivity contribution in [3.05, 3.63) is 94.6 Å². The minimum Gasteiger partial charge on any atom is -0.335 e. The number of fused-ring (bicyclic) bond motifs is 1. The van der Waals surface area contributed by atoms with Crippen molar-refractivity contribution in [3.8, 4) is 11.4 Å². The maximum absolute atomic E-state index is 12.3. The lowest BCUT2D eigenvalue weighted by molar-refractivity contribution is 0.262. The normalized spacial score (nSPS) is 11.0. The highest BCUT2D eigenvalue weighted by atomic mass is 35.5. The lowest BCUT2D eigenvalue weighted by atomic mass is 10.2. The van der Waals surface area contributed by atoms with Gasteiger partial charge < -0.3 is 15.6 Å². The number of halogens is 2. The maximum Gasteiger partial charge on any atom is 0.323 e. The number of amides is 2. The molecule has 0 aliphatic heterocycles. The molecule has 5 rings (SSSR count). The fourth-order valence-corrected chi connectivity index (χ4v) is 3.73. The first-order chi connectivity index (χ1) is 16.0. The first-order valence-electron chi connectivity index (χ1n) is 10.1. The Morgan fingerprint density at radius 3 is 2.39 bits per heavy atom. The predicted molar refractivity (Wildman–Crippen MR) is 132 cm³/mol. The van der Waals surface area contributed by atoms with E-state index in [2.05, 4.69) is 32.8 Å². The van der Waals surface area contributed by atoms with Gasteiger partial charge in [0.05, 0.1) is 22.8 Å². The standard InChI is InChI=1S/C24H18Cl2N6O/c25-19-11-10-18(12-20(19)26)29-24(33)28-17-8-6-16(7-9-17)22-30-21-13-27-32(23(21)31-22)14-15-4-2-1-3-5-15/h1-13H,14H2,(H,30,31)(H2,28,29,33). The van der Waals surface area contributed by atoms with Crippen molar-refractivity contribution < 1.29 is 4.79 Å². The van der Waals surface area contributed by atoms with Crippen LogP contribution in [-0.4, -0.2) is 25.8 Å². The van der Waals surface area contributed by atoms with Gasteiger partial charge >= 0.3 is 6.03 Å². The average Bonchev–Trinajstić information content (AvgIpc) is 3.39. The van der Waals surface area contributed by atoms with Crippen molar-refractivity contribution in [2.24, 2.45) is 0 Å². The number of rotatable bonds is 5. The van der Waals surface area contributed by atoms with Crippen LogP contribution in [0.3, 0.4) is 0 Å². The number of aromatic amines is 1. The molecule has 0 fully saturated rings. The second-order valence-corrected chi connectivity index (χ2v) is 8.21. The van der Waals surface area contributed by atoms with Gasteiger partial charge in [-0.2, -0.15) is 5.10 Å². The lowest BCUT2D eigenvalue weighted by Crippen LogP contribution is -2.19. The molecule has 7 nitrogen and oxygen atoms in total. The summed E-state index contributed by atoms with van der Waals surface area (Å²) >= 11 is 11.9. The van der Waals surface area contributed by atoms with Gasteiger partial charge in [0.25, 0.3) is 0 Å². The van der Waals surface area contributed by atoms with Crippen LogP contribution in [-0.2, 0) is 6.54 Å². The van der Waals surface area contributed by atoms with Crippen molar-refractivity contribution in [1.82, 2.24) is 19.7 Å². The zero-order valence-corrected chi connectivity index (χ0v) is 18.7. The number of H-pyrrole nitrogens is 1. The largest absolute Gasteiger partial charge is 0.335 e. The summed E-state index contributed by atoms with van der Waals surface area (Å²) in [6, 6.07) is 22.0. The summed E-state index contributed by atoms with van der Waals surface area (Å²) in [5, 5.41) is 10.7. The number of nitrogens with zero attached hydrogens (tertiary/aromatic N) is 3. The van der Waals surface area contributed by atoms with Crippen LogP contribution < -0.4 is 10.6 Å². The van der Waals surface area contributed by atoms with Gasteiger partial charge in [-0.3, -0.25) is 0 Å². The van der Waals surface area contributed by atoms with Gasteiger partial charge in [-0.1, -0.05) is 53.5 Å². The SMILES string of the molecule is O=C(Nc1ccc(-c2nc3c(cnn3Cc3ccccc3)[nH]2)cc1)Nc1ccc(Cl)c(Cl)c1. The van der Waals surface area contributed by atoms with E-state index in [1.807, 2.05) is 47.1 Å². The third kappa shape index (κ3) is 4.69. The maximum atomic E-state index is 12.3. The van der Waals surface area contributed by atoms with Crippen LogP contribution >= 0.6 is 23.2 Å². The van der Waals surface area contributed by atoms with Crippen molar-refractivity contribution >= 4 is 51.8 Å². The highest BCUT2D eigenvalue weighted by Crippen LogP contribution is 2.26. The molecule has 9 heteroatoms. The number of benzene rings is 3. The minimum absolute atomic E-state index is 0.372. The van der Waals surface area contributed by atoms with E-state index in [1.165, 1.54) is 0 Å². The van der Waals surface area contributed by atoms with Crippen molar-refractivity contribution in [1.29, 1.82) is 0 Å². The second-order valence-electron chi connectivity index (χ2n) is 7.40. The zero-order valence-electron chi connectivity index (χ0n) is 17.2. The highest BCUT2D eigenvalue weighted by molar-refractivity contribution is 6.42. The number of nitrogens with one attached hydrogen (secondary N) is 3. The molecule has 0 saturated heterocycles. The summed E-state index contributed by atoms with van der Waals surface area (Å²) in [5.41, 5.74) is 4.89. The summed E-state index contributed by atoms with van der Waals surface area (Å²) < 4.78 is 1.87. The average molecular weight is 477 g/mol. The summed E-state index contributed by atoms with van der Waals surface area (Å²) in [6.45, 7) is 0.644. The molecule has 0 aliphatic carbocycles. The molecule has 3 aromatic carbocycles. The van der Waals surface area contributed by atoms with Crippen LogP contribution in [0.15, 0.2) is 79.0 Å². The van der Waals surface area contributed by atoms with E-state index < -0.39 is 0 Å². The van der Waals surface area contributed by atoms with Gasteiger partial charge in [0.2, 0.25) is 0 Å². The molecule has 0 aliphatic rings. The monoisotopic (exact) mass is 476 g/mol. The summed E-state index contributed by atoms with van der Waals surface area (Å²) in [7, 11) is 0. The van der Waals surface area contributed by atoms with E-state index in [4.69, 9.17) is 28.2 Å². The topological polar surface area (TPSA) is 87.6 Å². The Labute approximate surface area is 199 Å². The molecule has 33 heavy (non-hydrogen) atoms. The summed E-state index contributed by atoms with van der Waals surface area (Å²) in [4.78, 5) is 20.3. The van der Waals surface area contributed by atoms with Crippen LogP contribution in [0.2, 0.25) is 10.0 Å². The van der Waals surface area contributed by atoms with Gasteiger partial charge in [0, 0.05) is 16.9 Å². The predicted octanol–water partition coefficient (Wildman–Crippen LogP) is 6.43. The Bertz CT molecular complexity index is 1430. The van der Waals surface area contributed by atoms with Gasteiger partial charge in [0.15, 0.2) is 5.65 Å². The van der Waals surface area contributed by atoms with Crippen LogP contribution in [0.5, 0.6) is 0 Å². The Morgan fingerprint density at radius 2 is 1.64 bits per heavy atom. The van der Waals surface area contributed by atoms with Crippen molar-refractivity contribution in [2.45, 2.75) is 6.54 Å². The van der Waals surface area contributed by atoms with Crippen LogP contribution in [0.1, 0.15) is 5.56 Å². The fraction of sp³-hybridized carbons (Fsp3) is 0.0417. The third-order valence-corrected chi connectivity index (χ3v) is 5.79. The number of anilines is 2. The molecule has 2 heterocycles. The number of carbonyl (C=O) groups is 1. The third-order valence-electron chi connectivity index (χ3n) is 5.05. The van der Waals surface area contributed by atoms with Gasteiger partial charge in [-0.05, 0) is 48.0 Å². The molecular formula is C24H18Cl2N6O. The number of imidazole rings is 1. The molecule has 0 saturated carbocycles. The quantitative estimate of drug-likeness (QED) is 0.273. The van der Waals surface area contributed by atoms with E-state index in [0.717, 1.165) is 28.1 Å². The van der Waals surface area contributed by atoms with Crippen LogP contribution in [0.25, 0.3) is 22.6 Å². The van der Waals surface area contributed by atoms with Crippen molar-refractivity contribution in [2.75, 3.05) is 10.6 Å². The number of hydrogen-bond acceptors (Lipinski definition) is 3. The minimum atomic E-state index is -0.383. The molecule has 164 valence electrons. The molecule has 0 radical (unpaired) electrons. The van der Waals surface area contributed by atoms with Gasteiger partial charge in [-0.15, -0.1) is 0 Å². The van der Waals surface area contributed by atoms with E-state index in [-0.39, 0.29) is 6.03 Å². The summed E-state index contributed by atoms with van der Waals surface area (Å²) in [5.74, 6) is 0.732. The molecule has 0 spiro atoms. The fourth-order valence-electron chi connectivity index (χ4n) is 3.43. The second kappa shape index (κ2) is 8.97. The molecule has 3 N–H and O–H groups in total. The van der Waals surface area contributed by atoms with E-state index in [9.17, 15) is 4.79 Å². The first kappa shape index (κ1) is 21.1. The smallest absolute Gasteiger partial charge is 0.323 e. The Balaban J connectivity index is 1.28. The molecule has 5 aromatic rings. The molecule has 0 atom stereocenters. The van der Waals surface area contributed by atoms with Gasteiger partial charge in [-0.25, -0.2) is 14.5 Å². The Morgan fingerprint density at radius 1 is 0.909 bits per heavy atom. The van der Waals surface area contributed by atoms with Gasteiger partial charge in [0.1, 0.15) is 11.3 Å². The van der Waals surface area contributed by atoms with E-state index in [1.54, 1.807) is 24.4 Å². The molecular weight excluding hydrogens is 459 g/mol. The number of urea groups is 1. The molecule has 0 unspecified atom stereocenters. The Kier molecular flexibility index (Phi) is 5.73. The van der Waals surface area contributed by atoms with E-state index in [0.29, 0.717) is 28.0 Å². The molecule has 2 amide bonds. The van der Waals surface area contributed by atoms with E-state index >= 15 is 0 Å². The molecule has 0 bridgehead atoms. The number of aromatic nitrogens is 4. The highest BCUT2D eigenvalue weighted by Gasteiger charge is 2.11. The van der Waals surface area contributed by atoms with Crippen LogP contribution in [0, 0.1) is 0 Å². The first-order valence-corrected chi connectivity index (χ1v) is 10.9. The van der Waals surface area contributed by atoms with Crippen molar-refractivity contribution in [3.63, 3.8) is 0 Å². The number of hydrogen-bond donors (Lipinski definition) is 3. The van der Waals surface area contributed by atoms with Crippen LogP contribution in [0.4, 0.5) is 16.2 Å². The lowest BCUT2D eigenvalue weighted by Gasteiger charge is -2.09. The summed E-state index contributed by atoms with van der Waals surface area (Å²) in [6.07, 6.45) is 1.78.